The number of methoxy groups -OCH3 is 1. The van der Waals surface area contributed by atoms with E-state index in [1.807, 2.05) is 13.0 Å². The minimum atomic E-state index is -0.428. The molecule has 0 aliphatic carbocycles. The number of aromatic hydroxyl groups is 1. The number of carbonyl (C=O) groups excluding carboxylic acids is 1. The Kier molecular flexibility index (Phi) is 4.15. The lowest BCUT2D eigenvalue weighted by Crippen LogP contribution is -2.13. The molecule has 0 aliphatic heterocycles. The smallest absolute Gasteiger partial charge is 0.259 e. The van der Waals surface area contributed by atoms with Crippen LogP contribution in [0.3, 0.4) is 0 Å². The number of nitrogens with one attached hydrogen (secondary N) is 1. The Labute approximate surface area is 122 Å². The molecule has 0 bridgehead atoms. The number of benzene rings is 2. The summed E-state index contributed by atoms with van der Waals surface area (Å²) in [4.78, 5) is 12.2. The number of ether oxygens (including phenoxy) is 1. The number of aryl methyl sites for hydroxylation is 1. The number of phenolic OH excluding ortho intramolecular Hbond substituents is 1. The van der Waals surface area contributed by atoms with E-state index in [1.54, 1.807) is 18.2 Å². The van der Waals surface area contributed by atoms with Crippen LogP contribution < -0.4 is 10.1 Å². The molecule has 0 fully saturated rings. The molecular formula is C15H14ClNO3. The Balaban J connectivity index is 2.30. The molecule has 2 rings (SSSR count). The Bertz CT molecular complexity index is 656. The van der Waals surface area contributed by atoms with Gasteiger partial charge in [-0.2, -0.15) is 0 Å². The zero-order chi connectivity index (χ0) is 14.7. The average molecular weight is 292 g/mol. The normalized spacial score (nSPS) is 10.2. The van der Waals surface area contributed by atoms with Gasteiger partial charge in [0.1, 0.15) is 11.5 Å². The molecule has 0 spiro atoms. The van der Waals surface area contributed by atoms with Crippen LogP contribution in [0, 0.1) is 6.92 Å². The van der Waals surface area contributed by atoms with Gasteiger partial charge < -0.3 is 15.2 Å². The number of amides is 1. The zero-order valence-corrected chi connectivity index (χ0v) is 11.9. The molecule has 0 aliphatic rings. The van der Waals surface area contributed by atoms with Crippen LogP contribution in [0.4, 0.5) is 5.69 Å². The van der Waals surface area contributed by atoms with Crippen molar-refractivity contribution in [3.05, 3.63) is 52.5 Å². The third kappa shape index (κ3) is 3.03. The molecular weight excluding hydrogens is 278 g/mol. The maximum Gasteiger partial charge on any atom is 0.259 e. The maximum atomic E-state index is 12.2. The summed E-state index contributed by atoms with van der Waals surface area (Å²) in [5.74, 6) is -0.0397. The summed E-state index contributed by atoms with van der Waals surface area (Å²) < 4.78 is 5.19. The fraction of sp³-hybridized carbons (Fsp3) is 0.133. The molecule has 0 unspecified atom stereocenters. The first-order valence-electron chi connectivity index (χ1n) is 5.96. The Morgan fingerprint density at radius 3 is 2.65 bits per heavy atom. The van der Waals surface area contributed by atoms with Crippen LogP contribution >= 0.6 is 11.6 Å². The number of hydrogen-bond donors (Lipinski definition) is 2. The first kappa shape index (κ1) is 14.2. The van der Waals surface area contributed by atoms with Gasteiger partial charge in [0, 0.05) is 5.02 Å². The molecule has 2 aromatic rings. The van der Waals surface area contributed by atoms with Gasteiger partial charge in [0.05, 0.1) is 18.4 Å². The summed E-state index contributed by atoms with van der Waals surface area (Å²) in [5.41, 5.74) is 1.69. The first-order chi connectivity index (χ1) is 9.51. The van der Waals surface area contributed by atoms with Crippen molar-refractivity contribution in [2.24, 2.45) is 0 Å². The highest BCUT2D eigenvalue weighted by molar-refractivity contribution is 6.31. The largest absolute Gasteiger partial charge is 0.507 e. The van der Waals surface area contributed by atoms with Gasteiger partial charge in [0.2, 0.25) is 0 Å². The van der Waals surface area contributed by atoms with Crippen LogP contribution in [-0.2, 0) is 0 Å². The van der Waals surface area contributed by atoms with Gasteiger partial charge >= 0.3 is 0 Å². The van der Waals surface area contributed by atoms with Crippen molar-refractivity contribution in [3.63, 3.8) is 0 Å². The molecule has 0 atom stereocenters. The van der Waals surface area contributed by atoms with E-state index in [9.17, 15) is 9.90 Å². The fourth-order valence-corrected chi connectivity index (χ4v) is 1.97. The van der Waals surface area contributed by atoms with Gasteiger partial charge in [-0.05, 0) is 42.8 Å². The quantitative estimate of drug-likeness (QED) is 0.908. The van der Waals surface area contributed by atoms with Crippen LogP contribution in [0.2, 0.25) is 5.02 Å². The molecule has 4 nitrogen and oxygen atoms in total. The van der Waals surface area contributed by atoms with Crippen molar-refractivity contribution in [1.29, 1.82) is 0 Å². The van der Waals surface area contributed by atoms with E-state index < -0.39 is 5.91 Å². The highest BCUT2D eigenvalue weighted by Crippen LogP contribution is 2.27. The average Bonchev–Trinajstić information content (AvgIpc) is 2.38. The van der Waals surface area contributed by atoms with Gasteiger partial charge in [-0.3, -0.25) is 4.79 Å². The third-order valence-corrected chi connectivity index (χ3v) is 3.04. The van der Waals surface area contributed by atoms with Gasteiger partial charge in [-0.25, -0.2) is 0 Å². The number of halogens is 1. The number of hydrogen-bond acceptors (Lipinski definition) is 3. The second kappa shape index (κ2) is 5.84. The monoisotopic (exact) mass is 291 g/mol. The minimum Gasteiger partial charge on any atom is -0.507 e. The molecule has 0 saturated carbocycles. The van der Waals surface area contributed by atoms with Crippen molar-refractivity contribution < 1.29 is 14.6 Å². The van der Waals surface area contributed by atoms with E-state index in [0.29, 0.717) is 16.5 Å². The predicted octanol–water partition coefficient (Wildman–Crippen LogP) is 3.61. The summed E-state index contributed by atoms with van der Waals surface area (Å²) in [7, 11) is 1.53. The summed E-state index contributed by atoms with van der Waals surface area (Å²) >= 11 is 5.74. The summed E-state index contributed by atoms with van der Waals surface area (Å²) in [6.45, 7) is 1.91. The molecule has 0 aromatic heterocycles. The molecule has 2 N–H and O–H groups in total. The molecule has 104 valence electrons. The van der Waals surface area contributed by atoms with E-state index in [2.05, 4.69) is 5.32 Å². The Morgan fingerprint density at radius 1 is 1.25 bits per heavy atom. The van der Waals surface area contributed by atoms with Crippen molar-refractivity contribution in [1.82, 2.24) is 0 Å². The minimum absolute atomic E-state index is 0.151. The van der Waals surface area contributed by atoms with Gasteiger partial charge in [-0.15, -0.1) is 0 Å². The summed E-state index contributed by atoms with van der Waals surface area (Å²) in [6.07, 6.45) is 0. The highest BCUT2D eigenvalue weighted by atomic mass is 35.5. The topological polar surface area (TPSA) is 58.6 Å². The van der Waals surface area contributed by atoms with Crippen molar-refractivity contribution in [2.75, 3.05) is 12.4 Å². The molecule has 5 heteroatoms. The van der Waals surface area contributed by atoms with Crippen LogP contribution in [0.15, 0.2) is 36.4 Å². The van der Waals surface area contributed by atoms with E-state index in [1.165, 1.54) is 19.2 Å². The number of phenols is 1. The highest BCUT2D eigenvalue weighted by Gasteiger charge is 2.14. The van der Waals surface area contributed by atoms with Gasteiger partial charge in [-0.1, -0.05) is 17.7 Å². The second-order valence-electron chi connectivity index (χ2n) is 4.32. The van der Waals surface area contributed by atoms with Crippen LogP contribution in [-0.4, -0.2) is 18.1 Å². The molecule has 1 amide bonds. The molecule has 0 saturated heterocycles. The standard InChI is InChI=1S/C15H14ClNO3/c1-9-3-6-14(20-2)12(7-9)17-15(19)11-5-4-10(16)8-13(11)18/h3-8,18H,1-2H3,(H,17,19). The SMILES string of the molecule is COc1ccc(C)cc1NC(=O)c1ccc(Cl)cc1O. The molecule has 0 heterocycles. The predicted molar refractivity (Wildman–Crippen MR) is 78.8 cm³/mol. The van der Waals surface area contributed by atoms with Crippen LogP contribution in [0.1, 0.15) is 15.9 Å². The molecule has 2 aromatic carbocycles. The lowest BCUT2D eigenvalue weighted by molar-refractivity contribution is 0.102. The molecule has 20 heavy (non-hydrogen) atoms. The van der Waals surface area contributed by atoms with Crippen LogP contribution in [0.25, 0.3) is 0 Å². The first-order valence-corrected chi connectivity index (χ1v) is 6.33. The van der Waals surface area contributed by atoms with E-state index >= 15 is 0 Å². The lowest BCUT2D eigenvalue weighted by Gasteiger charge is -2.11. The Hall–Kier alpha value is -2.20. The summed E-state index contributed by atoms with van der Waals surface area (Å²) in [5, 5.41) is 12.8. The molecule has 0 radical (unpaired) electrons. The summed E-state index contributed by atoms with van der Waals surface area (Å²) in [6, 6.07) is 9.79. The fourth-order valence-electron chi connectivity index (χ4n) is 1.81. The second-order valence-corrected chi connectivity index (χ2v) is 4.76. The third-order valence-electron chi connectivity index (χ3n) is 2.81. The number of rotatable bonds is 3. The van der Waals surface area contributed by atoms with Crippen molar-refractivity contribution >= 4 is 23.2 Å². The number of carbonyl (C=O) groups is 1. The van der Waals surface area contributed by atoms with Gasteiger partial charge in [0.25, 0.3) is 5.91 Å². The van der Waals surface area contributed by atoms with Crippen LogP contribution in [0.5, 0.6) is 11.5 Å². The van der Waals surface area contributed by atoms with E-state index in [0.717, 1.165) is 5.56 Å². The van der Waals surface area contributed by atoms with Gasteiger partial charge in [0.15, 0.2) is 0 Å². The zero-order valence-electron chi connectivity index (χ0n) is 11.1. The number of anilines is 1. The lowest BCUT2D eigenvalue weighted by atomic mass is 10.1. The Morgan fingerprint density at radius 2 is 2.00 bits per heavy atom. The van der Waals surface area contributed by atoms with E-state index in [4.69, 9.17) is 16.3 Å². The van der Waals surface area contributed by atoms with E-state index in [-0.39, 0.29) is 11.3 Å². The van der Waals surface area contributed by atoms with Crippen molar-refractivity contribution in [2.45, 2.75) is 6.92 Å². The maximum absolute atomic E-state index is 12.2. The van der Waals surface area contributed by atoms with Crippen molar-refractivity contribution in [3.8, 4) is 11.5 Å².